The molecule has 35 heavy (non-hydrogen) atoms. The monoisotopic (exact) mass is 493 g/mol. The van der Waals surface area contributed by atoms with Crippen molar-refractivity contribution < 1.29 is 17.9 Å². The Kier molecular flexibility index (Phi) is 7.60. The van der Waals surface area contributed by atoms with Gasteiger partial charge in [-0.25, -0.2) is 8.42 Å². The van der Waals surface area contributed by atoms with Crippen LogP contribution >= 0.6 is 0 Å². The minimum absolute atomic E-state index is 0.115. The second kappa shape index (κ2) is 10.8. The van der Waals surface area contributed by atoms with E-state index in [0.717, 1.165) is 35.8 Å². The van der Waals surface area contributed by atoms with Crippen molar-refractivity contribution in [1.82, 2.24) is 5.32 Å². The summed E-state index contributed by atoms with van der Waals surface area (Å²) < 4.78 is 33.7. The van der Waals surface area contributed by atoms with Gasteiger partial charge in [-0.3, -0.25) is 9.10 Å². The number of carbonyl (C=O) groups excluding carboxylic acids is 1. The van der Waals surface area contributed by atoms with Crippen LogP contribution in [0.15, 0.2) is 77.7 Å². The van der Waals surface area contributed by atoms with E-state index in [1.165, 1.54) is 30.5 Å². The maximum atomic E-state index is 13.6. The highest BCUT2D eigenvalue weighted by molar-refractivity contribution is 7.92. The molecule has 0 aromatic heterocycles. The van der Waals surface area contributed by atoms with Gasteiger partial charge in [0.25, 0.3) is 10.0 Å². The van der Waals surface area contributed by atoms with Crippen molar-refractivity contribution in [2.24, 2.45) is 0 Å². The van der Waals surface area contributed by atoms with Crippen LogP contribution in [0.5, 0.6) is 5.75 Å². The SMILES string of the molecule is COc1ccc(C)cc1N(CC(=O)NCCCN1CCc2ccccc21)S(=O)(=O)c1ccccc1. The number of hydrogen-bond donors (Lipinski definition) is 1. The zero-order valence-electron chi connectivity index (χ0n) is 20.1. The fourth-order valence-electron chi connectivity index (χ4n) is 4.34. The Morgan fingerprint density at radius 1 is 1.06 bits per heavy atom. The Labute approximate surface area is 207 Å². The highest BCUT2D eigenvalue weighted by atomic mass is 32.2. The molecule has 184 valence electrons. The molecule has 0 aliphatic carbocycles. The smallest absolute Gasteiger partial charge is 0.264 e. The van der Waals surface area contributed by atoms with Crippen LogP contribution < -0.4 is 19.3 Å². The molecule has 7 nitrogen and oxygen atoms in total. The average Bonchev–Trinajstić information content (AvgIpc) is 3.28. The van der Waals surface area contributed by atoms with Gasteiger partial charge in [-0.2, -0.15) is 0 Å². The maximum Gasteiger partial charge on any atom is 0.264 e. The molecule has 0 fully saturated rings. The number of amides is 1. The first-order valence-electron chi connectivity index (χ1n) is 11.7. The van der Waals surface area contributed by atoms with Crippen molar-refractivity contribution in [3.05, 3.63) is 83.9 Å². The summed E-state index contributed by atoms with van der Waals surface area (Å²) >= 11 is 0. The van der Waals surface area contributed by atoms with Gasteiger partial charge in [0.05, 0.1) is 17.7 Å². The van der Waals surface area contributed by atoms with Crippen molar-refractivity contribution in [3.8, 4) is 5.75 Å². The molecule has 1 aliphatic heterocycles. The molecule has 1 heterocycles. The first-order chi connectivity index (χ1) is 16.9. The molecular weight excluding hydrogens is 462 g/mol. The van der Waals surface area contributed by atoms with E-state index in [1.54, 1.807) is 30.3 Å². The summed E-state index contributed by atoms with van der Waals surface area (Å²) in [5.41, 5.74) is 3.80. The van der Waals surface area contributed by atoms with Crippen molar-refractivity contribution in [2.75, 3.05) is 42.5 Å². The van der Waals surface area contributed by atoms with Crippen LogP contribution in [-0.2, 0) is 21.2 Å². The van der Waals surface area contributed by atoms with Crippen LogP contribution in [0, 0.1) is 6.92 Å². The minimum Gasteiger partial charge on any atom is -0.495 e. The molecule has 0 atom stereocenters. The lowest BCUT2D eigenvalue weighted by Gasteiger charge is -2.26. The second-order valence-electron chi connectivity index (χ2n) is 8.57. The Balaban J connectivity index is 1.45. The molecule has 0 bridgehead atoms. The largest absolute Gasteiger partial charge is 0.495 e. The summed E-state index contributed by atoms with van der Waals surface area (Å²) in [6, 6.07) is 21.8. The number of ether oxygens (including phenoxy) is 1. The van der Waals surface area contributed by atoms with Crippen LogP contribution in [0.2, 0.25) is 0 Å². The third-order valence-corrected chi connectivity index (χ3v) is 7.91. The fraction of sp³-hybridized carbons (Fsp3) is 0.296. The molecule has 8 heteroatoms. The van der Waals surface area contributed by atoms with E-state index >= 15 is 0 Å². The average molecular weight is 494 g/mol. The number of hydrogen-bond acceptors (Lipinski definition) is 5. The van der Waals surface area contributed by atoms with Crippen molar-refractivity contribution >= 4 is 27.3 Å². The second-order valence-corrected chi connectivity index (χ2v) is 10.4. The Morgan fingerprint density at radius 3 is 2.57 bits per heavy atom. The van der Waals surface area contributed by atoms with Gasteiger partial charge in [0.1, 0.15) is 12.3 Å². The molecule has 1 aliphatic rings. The highest BCUT2D eigenvalue weighted by Gasteiger charge is 2.29. The zero-order chi connectivity index (χ0) is 24.8. The molecule has 0 saturated carbocycles. The summed E-state index contributed by atoms with van der Waals surface area (Å²) in [5, 5.41) is 2.89. The molecular formula is C27H31N3O4S. The number of methoxy groups -OCH3 is 1. The van der Waals surface area contributed by atoms with E-state index in [4.69, 9.17) is 4.74 Å². The summed E-state index contributed by atoms with van der Waals surface area (Å²) in [6.45, 7) is 3.79. The van der Waals surface area contributed by atoms with Crippen LogP contribution in [0.25, 0.3) is 0 Å². The molecule has 3 aromatic rings. The van der Waals surface area contributed by atoms with E-state index in [-0.39, 0.29) is 17.3 Å². The Hall–Kier alpha value is -3.52. The van der Waals surface area contributed by atoms with Gasteiger partial charge in [-0.05, 0) is 61.2 Å². The predicted octanol–water partition coefficient (Wildman–Crippen LogP) is 3.77. The number of nitrogens with one attached hydrogen (secondary N) is 1. The molecule has 3 aromatic carbocycles. The van der Waals surface area contributed by atoms with E-state index < -0.39 is 10.0 Å². The molecule has 0 saturated heterocycles. The summed E-state index contributed by atoms with van der Waals surface area (Å²) in [4.78, 5) is 15.4. The van der Waals surface area contributed by atoms with Crippen molar-refractivity contribution in [3.63, 3.8) is 0 Å². The van der Waals surface area contributed by atoms with Gasteiger partial charge in [0.2, 0.25) is 5.91 Å². The first-order valence-corrected chi connectivity index (χ1v) is 13.2. The molecule has 0 spiro atoms. The summed E-state index contributed by atoms with van der Waals surface area (Å²) in [6.07, 6.45) is 1.80. The van der Waals surface area contributed by atoms with E-state index in [9.17, 15) is 13.2 Å². The van der Waals surface area contributed by atoms with E-state index in [2.05, 4.69) is 28.4 Å². The third-order valence-electron chi connectivity index (χ3n) is 6.13. The van der Waals surface area contributed by atoms with Gasteiger partial charge in [0, 0.05) is 25.3 Å². The fourth-order valence-corrected chi connectivity index (χ4v) is 5.78. The number of sulfonamides is 1. The zero-order valence-corrected chi connectivity index (χ0v) is 20.9. The van der Waals surface area contributed by atoms with Crippen molar-refractivity contribution in [2.45, 2.75) is 24.7 Å². The summed E-state index contributed by atoms with van der Waals surface area (Å²) in [7, 11) is -2.51. The molecule has 1 amide bonds. The standard InChI is InChI=1S/C27H31N3O4S/c1-21-13-14-26(34-2)25(19-21)30(35(32,33)23-10-4-3-5-11-23)20-27(31)28-16-8-17-29-18-15-22-9-6-7-12-24(22)29/h3-7,9-14,19H,8,15-18,20H2,1-2H3,(H,28,31). The van der Waals surface area contributed by atoms with Crippen LogP contribution in [0.4, 0.5) is 11.4 Å². The lowest BCUT2D eigenvalue weighted by molar-refractivity contribution is -0.119. The van der Waals surface area contributed by atoms with E-state index in [1.807, 2.05) is 19.1 Å². The molecule has 0 unspecified atom stereocenters. The maximum absolute atomic E-state index is 13.6. The normalized spacial score (nSPS) is 12.8. The van der Waals surface area contributed by atoms with Crippen LogP contribution in [0.3, 0.4) is 0 Å². The number of para-hydroxylation sites is 1. The number of fused-ring (bicyclic) bond motifs is 1. The van der Waals surface area contributed by atoms with E-state index in [0.29, 0.717) is 18.0 Å². The van der Waals surface area contributed by atoms with Crippen LogP contribution in [-0.4, -0.2) is 47.6 Å². The molecule has 0 radical (unpaired) electrons. The molecule has 4 rings (SSSR count). The predicted molar refractivity (Wildman–Crippen MR) is 139 cm³/mol. The van der Waals surface area contributed by atoms with Gasteiger partial charge < -0.3 is 15.0 Å². The highest BCUT2D eigenvalue weighted by Crippen LogP contribution is 2.33. The number of benzene rings is 3. The van der Waals surface area contributed by atoms with Gasteiger partial charge in [0.15, 0.2) is 0 Å². The molecule has 1 N–H and O–H groups in total. The number of anilines is 2. The topological polar surface area (TPSA) is 79.0 Å². The number of carbonyl (C=O) groups is 1. The number of aryl methyl sites for hydroxylation is 1. The van der Waals surface area contributed by atoms with Crippen LogP contribution in [0.1, 0.15) is 17.5 Å². The minimum atomic E-state index is -3.99. The van der Waals surface area contributed by atoms with Gasteiger partial charge in [-0.15, -0.1) is 0 Å². The number of rotatable bonds is 10. The van der Waals surface area contributed by atoms with Gasteiger partial charge >= 0.3 is 0 Å². The number of nitrogens with zero attached hydrogens (tertiary/aromatic N) is 2. The third kappa shape index (κ3) is 5.59. The Morgan fingerprint density at radius 2 is 1.80 bits per heavy atom. The van der Waals surface area contributed by atoms with Crippen molar-refractivity contribution in [1.29, 1.82) is 0 Å². The lowest BCUT2D eigenvalue weighted by Crippen LogP contribution is -2.41. The first kappa shape index (κ1) is 24.6. The lowest BCUT2D eigenvalue weighted by atomic mass is 10.2. The summed E-state index contributed by atoms with van der Waals surface area (Å²) in [5.74, 6) is 0.0190. The Bertz CT molecular complexity index is 1280. The quantitative estimate of drug-likeness (QED) is 0.435. The van der Waals surface area contributed by atoms with Gasteiger partial charge in [-0.1, -0.05) is 42.5 Å².